The van der Waals surface area contributed by atoms with Gasteiger partial charge in [0, 0.05) is 24.2 Å². The second kappa shape index (κ2) is 3.20. The van der Waals surface area contributed by atoms with Crippen molar-refractivity contribution in [3.05, 3.63) is 23.8 Å². The summed E-state index contributed by atoms with van der Waals surface area (Å²) in [6.45, 7) is 4.31. The molecule has 0 fully saturated rings. The molecule has 0 atom stereocenters. The predicted molar refractivity (Wildman–Crippen MR) is 67.0 cm³/mol. The van der Waals surface area contributed by atoms with Gasteiger partial charge < -0.3 is 9.64 Å². The highest BCUT2D eigenvalue weighted by molar-refractivity contribution is 7.80. The Bertz CT molecular complexity index is 426. The molecule has 3 heteroatoms. The van der Waals surface area contributed by atoms with Gasteiger partial charge in [-0.3, -0.25) is 0 Å². The Morgan fingerprint density at radius 1 is 1.33 bits per heavy atom. The maximum absolute atomic E-state index is 5.45. The van der Waals surface area contributed by atoms with E-state index in [1.165, 1.54) is 5.56 Å². The molecular formula is C12H15NOS. The summed E-state index contributed by atoms with van der Waals surface area (Å²) in [4.78, 5) is 3.03. The average Bonchev–Trinajstić information content (AvgIpc) is 2.40. The quantitative estimate of drug-likeness (QED) is 0.677. The monoisotopic (exact) mass is 221 g/mol. The van der Waals surface area contributed by atoms with Crippen LogP contribution in [0.2, 0.25) is 0 Å². The summed E-state index contributed by atoms with van der Waals surface area (Å²) in [6, 6.07) is 6.13. The minimum atomic E-state index is -0.0499. The maximum atomic E-state index is 5.45. The average molecular weight is 221 g/mol. The van der Waals surface area contributed by atoms with E-state index in [0.717, 1.165) is 16.4 Å². The van der Waals surface area contributed by atoms with Crippen LogP contribution in [0.5, 0.6) is 5.75 Å². The zero-order valence-electron chi connectivity index (χ0n) is 9.50. The number of thiocarbonyl (C=S) groups is 1. The third-order valence-corrected chi connectivity index (χ3v) is 3.86. The fraction of sp³-hybridized carbons (Fsp3) is 0.417. The molecule has 80 valence electrons. The normalized spacial score (nSPS) is 17.9. The number of benzene rings is 1. The van der Waals surface area contributed by atoms with E-state index in [-0.39, 0.29) is 5.41 Å². The van der Waals surface area contributed by atoms with Gasteiger partial charge in [0.2, 0.25) is 0 Å². The fourth-order valence-electron chi connectivity index (χ4n) is 2.09. The van der Waals surface area contributed by atoms with Crippen LogP contribution in [0.1, 0.15) is 19.4 Å². The molecule has 0 saturated carbocycles. The maximum Gasteiger partial charge on any atom is 0.120 e. The molecule has 1 heterocycles. The molecule has 0 bridgehead atoms. The van der Waals surface area contributed by atoms with Gasteiger partial charge in [0.05, 0.1) is 12.1 Å². The van der Waals surface area contributed by atoms with Crippen LogP contribution in [0.25, 0.3) is 0 Å². The Morgan fingerprint density at radius 2 is 2.00 bits per heavy atom. The van der Waals surface area contributed by atoms with Crippen LogP contribution in [0.4, 0.5) is 5.69 Å². The second-order valence-corrected chi connectivity index (χ2v) is 4.76. The Morgan fingerprint density at radius 3 is 2.60 bits per heavy atom. The molecule has 0 aliphatic carbocycles. The zero-order valence-corrected chi connectivity index (χ0v) is 10.3. The van der Waals surface area contributed by atoms with E-state index in [1.54, 1.807) is 7.11 Å². The first-order valence-electron chi connectivity index (χ1n) is 4.95. The molecule has 0 amide bonds. The SMILES string of the molecule is COc1ccc2c(c1)N(C)C(=S)C2(C)C. The molecule has 0 saturated heterocycles. The van der Waals surface area contributed by atoms with Crippen molar-refractivity contribution >= 4 is 22.9 Å². The molecule has 1 aliphatic rings. The number of methoxy groups -OCH3 is 1. The van der Waals surface area contributed by atoms with Crippen LogP contribution in [-0.2, 0) is 5.41 Å². The zero-order chi connectivity index (χ0) is 11.2. The van der Waals surface area contributed by atoms with Crippen molar-refractivity contribution in [2.75, 3.05) is 19.1 Å². The predicted octanol–water partition coefficient (Wildman–Crippen LogP) is 2.75. The molecule has 0 N–H and O–H groups in total. The Balaban J connectivity index is 2.61. The third-order valence-electron chi connectivity index (χ3n) is 3.08. The van der Waals surface area contributed by atoms with Gasteiger partial charge >= 0.3 is 0 Å². The summed E-state index contributed by atoms with van der Waals surface area (Å²) in [7, 11) is 3.69. The van der Waals surface area contributed by atoms with Crippen LogP contribution >= 0.6 is 12.2 Å². The first kappa shape index (κ1) is 10.4. The number of hydrogen-bond acceptors (Lipinski definition) is 2. The van der Waals surface area contributed by atoms with Gasteiger partial charge in [0.1, 0.15) is 5.75 Å². The number of nitrogens with zero attached hydrogens (tertiary/aromatic N) is 1. The van der Waals surface area contributed by atoms with E-state index in [4.69, 9.17) is 17.0 Å². The molecule has 2 nitrogen and oxygen atoms in total. The largest absolute Gasteiger partial charge is 0.497 e. The summed E-state index contributed by atoms with van der Waals surface area (Å²) in [6.07, 6.45) is 0. The first-order valence-corrected chi connectivity index (χ1v) is 5.36. The fourth-order valence-corrected chi connectivity index (χ4v) is 2.30. The summed E-state index contributed by atoms with van der Waals surface area (Å²) in [5.41, 5.74) is 2.38. The van der Waals surface area contributed by atoms with Crippen molar-refractivity contribution in [3.63, 3.8) is 0 Å². The van der Waals surface area contributed by atoms with Gasteiger partial charge in [-0.2, -0.15) is 0 Å². The molecule has 1 aromatic rings. The molecule has 1 aliphatic heterocycles. The summed E-state index contributed by atoms with van der Waals surface area (Å²) >= 11 is 5.45. The number of hydrogen-bond donors (Lipinski definition) is 0. The highest BCUT2D eigenvalue weighted by Crippen LogP contribution is 2.42. The van der Waals surface area contributed by atoms with Crippen molar-refractivity contribution in [1.29, 1.82) is 0 Å². The molecular weight excluding hydrogens is 206 g/mol. The van der Waals surface area contributed by atoms with Crippen LogP contribution < -0.4 is 9.64 Å². The molecule has 1 aromatic carbocycles. The van der Waals surface area contributed by atoms with E-state index < -0.39 is 0 Å². The molecule has 0 spiro atoms. The van der Waals surface area contributed by atoms with Crippen molar-refractivity contribution in [2.45, 2.75) is 19.3 Å². The number of ether oxygens (including phenoxy) is 1. The van der Waals surface area contributed by atoms with E-state index in [9.17, 15) is 0 Å². The minimum Gasteiger partial charge on any atom is -0.497 e. The number of rotatable bonds is 1. The molecule has 0 unspecified atom stereocenters. The van der Waals surface area contributed by atoms with E-state index in [0.29, 0.717) is 0 Å². The van der Waals surface area contributed by atoms with Crippen LogP contribution in [0.15, 0.2) is 18.2 Å². The Labute approximate surface area is 95.8 Å². The van der Waals surface area contributed by atoms with Crippen molar-refractivity contribution in [1.82, 2.24) is 0 Å². The number of likely N-dealkylation sites (N-methyl/N-ethyl adjacent to an activating group) is 1. The molecule has 0 radical (unpaired) electrons. The highest BCUT2D eigenvalue weighted by Gasteiger charge is 2.38. The molecule has 0 aromatic heterocycles. The lowest BCUT2D eigenvalue weighted by Gasteiger charge is -2.20. The Hall–Kier alpha value is -1.09. The second-order valence-electron chi connectivity index (χ2n) is 4.37. The highest BCUT2D eigenvalue weighted by atomic mass is 32.1. The lowest BCUT2D eigenvalue weighted by molar-refractivity contribution is 0.415. The van der Waals surface area contributed by atoms with Crippen molar-refractivity contribution in [3.8, 4) is 5.75 Å². The van der Waals surface area contributed by atoms with E-state index in [1.807, 2.05) is 19.2 Å². The third kappa shape index (κ3) is 1.34. The lowest BCUT2D eigenvalue weighted by Crippen LogP contribution is -2.31. The van der Waals surface area contributed by atoms with Gasteiger partial charge in [-0.15, -0.1) is 0 Å². The van der Waals surface area contributed by atoms with Gasteiger partial charge in [-0.05, 0) is 25.5 Å². The van der Waals surface area contributed by atoms with Gasteiger partial charge in [0.25, 0.3) is 0 Å². The standard InChI is InChI=1S/C12H15NOS/c1-12(2)9-6-5-8(14-4)7-10(9)13(3)11(12)15/h5-7H,1-4H3. The van der Waals surface area contributed by atoms with Crippen molar-refractivity contribution in [2.24, 2.45) is 0 Å². The summed E-state index contributed by atoms with van der Waals surface area (Å²) < 4.78 is 5.22. The van der Waals surface area contributed by atoms with Crippen LogP contribution in [0.3, 0.4) is 0 Å². The lowest BCUT2D eigenvalue weighted by atomic mass is 9.87. The molecule has 15 heavy (non-hydrogen) atoms. The van der Waals surface area contributed by atoms with Gasteiger partial charge in [0.15, 0.2) is 0 Å². The summed E-state index contributed by atoms with van der Waals surface area (Å²) in [5, 5.41) is 0. The van der Waals surface area contributed by atoms with Crippen LogP contribution in [0, 0.1) is 0 Å². The van der Waals surface area contributed by atoms with E-state index in [2.05, 4.69) is 24.8 Å². The van der Waals surface area contributed by atoms with Gasteiger partial charge in [-0.1, -0.05) is 18.3 Å². The van der Waals surface area contributed by atoms with Gasteiger partial charge in [-0.25, -0.2) is 0 Å². The molecule has 2 rings (SSSR count). The smallest absolute Gasteiger partial charge is 0.120 e. The Kier molecular flexibility index (Phi) is 2.23. The number of anilines is 1. The topological polar surface area (TPSA) is 12.5 Å². The number of fused-ring (bicyclic) bond motifs is 1. The summed E-state index contributed by atoms with van der Waals surface area (Å²) in [5.74, 6) is 0.876. The van der Waals surface area contributed by atoms with Crippen LogP contribution in [-0.4, -0.2) is 19.1 Å². The van der Waals surface area contributed by atoms with Crippen molar-refractivity contribution < 1.29 is 4.74 Å². The minimum absolute atomic E-state index is 0.0499. The first-order chi connectivity index (χ1) is 6.98. The van der Waals surface area contributed by atoms with E-state index >= 15 is 0 Å².